The highest BCUT2D eigenvalue weighted by Gasteiger charge is 2.09. The summed E-state index contributed by atoms with van der Waals surface area (Å²) in [6, 6.07) is 7.29. The minimum Gasteiger partial charge on any atom is -0.410 e. The molecule has 0 aliphatic carbocycles. The Balaban J connectivity index is 2.23. The molecule has 2 N–H and O–H groups in total. The summed E-state index contributed by atoms with van der Waals surface area (Å²) in [4.78, 5) is 25.8. The second kappa shape index (κ2) is 13.2. The fourth-order valence-electron chi connectivity index (χ4n) is 2.70. The molecule has 6 nitrogen and oxygen atoms in total. The highest BCUT2D eigenvalue weighted by atomic mass is 16.6. The smallest absolute Gasteiger partial charge is 0.410 e. The van der Waals surface area contributed by atoms with Gasteiger partial charge in [0.25, 0.3) is 0 Å². The van der Waals surface area contributed by atoms with E-state index in [0.717, 1.165) is 38.0 Å². The molecule has 0 atom stereocenters. The van der Waals surface area contributed by atoms with Crippen molar-refractivity contribution in [3.63, 3.8) is 0 Å². The van der Waals surface area contributed by atoms with E-state index < -0.39 is 6.09 Å². The maximum atomic E-state index is 12.0. The lowest BCUT2D eigenvalue weighted by atomic mass is 10.1. The van der Waals surface area contributed by atoms with Gasteiger partial charge in [0.1, 0.15) is 5.75 Å². The average Bonchev–Trinajstić information content (AvgIpc) is 2.66. The van der Waals surface area contributed by atoms with Gasteiger partial charge in [0.15, 0.2) is 0 Å². The second-order valence-electron chi connectivity index (χ2n) is 6.18. The van der Waals surface area contributed by atoms with Crippen molar-refractivity contribution < 1.29 is 14.3 Å². The van der Waals surface area contributed by atoms with Gasteiger partial charge < -0.3 is 20.3 Å². The first-order chi connectivity index (χ1) is 12.6. The van der Waals surface area contributed by atoms with Crippen LogP contribution in [0.2, 0.25) is 0 Å². The molecular weight excluding hydrogens is 330 g/mol. The maximum Gasteiger partial charge on any atom is 0.412 e. The number of carbonyl (C=O) groups is 2. The Morgan fingerprint density at radius 2 is 1.81 bits per heavy atom. The molecule has 1 aromatic rings. The van der Waals surface area contributed by atoms with Gasteiger partial charge in [-0.25, -0.2) is 4.79 Å². The van der Waals surface area contributed by atoms with E-state index in [0.29, 0.717) is 25.1 Å². The molecule has 0 fully saturated rings. The topological polar surface area (TPSA) is 70.7 Å². The summed E-state index contributed by atoms with van der Waals surface area (Å²) in [5.41, 5.74) is 0.852. The summed E-state index contributed by atoms with van der Waals surface area (Å²) in [6.07, 6.45) is 3.71. The van der Waals surface area contributed by atoms with E-state index in [-0.39, 0.29) is 5.91 Å². The molecule has 0 saturated carbocycles. The van der Waals surface area contributed by atoms with E-state index in [1.54, 1.807) is 12.1 Å². The molecule has 6 heteroatoms. The molecule has 0 heterocycles. The molecule has 0 spiro atoms. The molecule has 0 aromatic heterocycles. The van der Waals surface area contributed by atoms with Crippen LogP contribution in [0.25, 0.3) is 0 Å². The molecular formula is C20H33N3O3. The lowest BCUT2D eigenvalue weighted by molar-refractivity contribution is -0.121. The number of carbonyl (C=O) groups excluding carboxylic acids is 2. The Bertz CT molecular complexity index is 545. The molecule has 2 amide bonds. The van der Waals surface area contributed by atoms with Crippen LogP contribution in [0.3, 0.4) is 0 Å². The van der Waals surface area contributed by atoms with Crippen LogP contribution >= 0.6 is 0 Å². The number of nitrogens with one attached hydrogen (secondary N) is 2. The fraction of sp³-hybridized carbons (Fsp3) is 0.600. The highest BCUT2D eigenvalue weighted by molar-refractivity contribution is 5.76. The Labute approximate surface area is 157 Å². The van der Waals surface area contributed by atoms with Crippen molar-refractivity contribution in [1.29, 1.82) is 0 Å². The molecule has 0 aliphatic rings. The van der Waals surface area contributed by atoms with Crippen molar-refractivity contribution in [2.75, 3.05) is 33.2 Å². The summed E-state index contributed by atoms with van der Waals surface area (Å²) in [7, 11) is 1.51. The Morgan fingerprint density at radius 3 is 2.50 bits per heavy atom. The third-order valence-electron chi connectivity index (χ3n) is 4.37. The van der Waals surface area contributed by atoms with Crippen molar-refractivity contribution >= 4 is 12.0 Å². The number of para-hydroxylation sites is 1. The van der Waals surface area contributed by atoms with E-state index in [4.69, 9.17) is 4.74 Å². The number of nitrogens with zero attached hydrogens (tertiary/aromatic N) is 1. The zero-order valence-corrected chi connectivity index (χ0v) is 16.3. The fourth-order valence-corrected chi connectivity index (χ4v) is 2.70. The van der Waals surface area contributed by atoms with Crippen molar-refractivity contribution in [3.05, 3.63) is 29.8 Å². The van der Waals surface area contributed by atoms with Crippen molar-refractivity contribution in [2.45, 2.75) is 46.0 Å². The van der Waals surface area contributed by atoms with Gasteiger partial charge in [-0.3, -0.25) is 4.79 Å². The number of rotatable bonds is 12. The third-order valence-corrected chi connectivity index (χ3v) is 4.37. The zero-order valence-electron chi connectivity index (χ0n) is 16.3. The molecule has 0 aliphatic heterocycles. The minimum absolute atomic E-state index is 0.0310. The number of amides is 2. The number of aryl methyl sites for hydroxylation is 1. The SMILES string of the molecule is CCN(CC)CCCCCNC(=O)CCc1ccccc1OC(=O)NC. The minimum atomic E-state index is -0.508. The van der Waals surface area contributed by atoms with Gasteiger partial charge in [-0.1, -0.05) is 38.5 Å². The predicted molar refractivity (Wildman–Crippen MR) is 104 cm³/mol. The van der Waals surface area contributed by atoms with Crippen molar-refractivity contribution in [3.8, 4) is 5.75 Å². The van der Waals surface area contributed by atoms with E-state index in [9.17, 15) is 9.59 Å². The molecule has 1 rings (SSSR count). The van der Waals surface area contributed by atoms with E-state index in [1.165, 1.54) is 13.5 Å². The Morgan fingerprint density at radius 1 is 1.08 bits per heavy atom. The number of ether oxygens (including phenoxy) is 1. The van der Waals surface area contributed by atoms with Gasteiger partial charge in [-0.05, 0) is 50.5 Å². The van der Waals surface area contributed by atoms with E-state index in [1.807, 2.05) is 12.1 Å². The van der Waals surface area contributed by atoms with Crippen LogP contribution < -0.4 is 15.4 Å². The average molecular weight is 364 g/mol. The van der Waals surface area contributed by atoms with Crippen LogP contribution in [0.4, 0.5) is 4.79 Å². The van der Waals surface area contributed by atoms with E-state index >= 15 is 0 Å². The summed E-state index contributed by atoms with van der Waals surface area (Å²) >= 11 is 0. The number of hydrogen-bond acceptors (Lipinski definition) is 4. The predicted octanol–water partition coefficient (Wildman–Crippen LogP) is 2.97. The molecule has 0 unspecified atom stereocenters. The molecule has 0 saturated heterocycles. The quantitative estimate of drug-likeness (QED) is 0.560. The molecule has 1 aromatic carbocycles. The van der Waals surface area contributed by atoms with Crippen LogP contribution in [0.15, 0.2) is 24.3 Å². The van der Waals surface area contributed by atoms with Gasteiger partial charge in [-0.15, -0.1) is 0 Å². The Kier molecular flexibility index (Phi) is 11.1. The molecule has 26 heavy (non-hydrogen) atoms. The first-order valence-electron chi connectivity index (χ1n) is 9.57. The van der Waals surface area contributed by atoms with Crippen LogP contribution in [-0.4, -0.2) is 50.1 Å². The van der Waals surface area contributed by atoms with Gasteiger partial charge in [0.2, 0.25) is 5.91 Å². The largest absolute Gasteiger partial charge is 0.412 e. The number of benzene rings is 1. The summed E-state index contributed by atoms with van der Waals surface area (Å²) in [5.74, 6) is 0.527. The molecule has 0 bridgehead atoms. The number of unbranched alkanes of at least 4 members (excludes halogenated alkanes) is 2. The van der Waals surface area contributed by atoms with E-state index in [2.05, 4.69) is 29.4 Å². The highest BCUT2D eigenvalue weighted by Crippen LogP contribution is 2.19. The molecule has 146 valence electrons. The lowest BCUT2D eigenvalue weighted by Crippen LogP contribution is -2.26. The second-order valence-corrected chi connectivity index (χ2v) is 6.18. The van der Waals surface area contributed by atoms with Crippen LogP contribution in [0.5, 0.6) is 5.75 Å². The van der Waals surface area contributed by atoms with Crippen LogP contribution in [0.1, 0.15) is 45.1 Å². The summed E-state index contributed by atoms with van der Waals surface area (Å²) < 4.78 is 5.20. The standard InChI is InChI=1S/C20H33N3O3/c1-4-23(5-2)16-10-6-9-15-22-19(24)14-13-17-11-7-8-12-18(17)26-20(25)21-3/h7-8,11-12H,4-6,9-10,13-16H2,1-3H3,(H,21,25)(H,22,24). The number of hydrogen-bond donors (Lipinski definition) is 2. The maximum absolute atomic E-state index is 12.0. The van der Waals surface area contributed by atoms with Crippen molar-refractivity contribution in [1.82, 2.24) is 15.5 Å². The first kappa shape index (κ1) is 22.0. The summed E-state index contributed by atoms with van der Waals surface area (Å²) in [6.45, 7) is 8.40. The normalized spacial score (nSPS) is 10.6. The van der Waals surface area contributed by atoms with Crippen LogP contribution in [0, 0.1) is 0 Å². The van der Waals surface area contributed by atoms with Crippen molar-refractivity contribution in [2.24, 2.45) is 0 Å². The van der Waals surface area contributed by atoms with Gasteiger partial charge in [0, 0.05) is 20.0 Å². The van der Waals surface area contributed by atoms with Gasteiger partial charge in [0.05, 0.1) is 0 Å². The zero-order chi connectivity index (χ0) is 19.2. The molecule has 0 radical (unpaired) electrons. The van der Waals surface area contributed by atoms with Crippen LogP contribution in [-0.2, 0) is 11.2 Å². The first-order valence-corrected chi connectivity index (χ1v) is 9.57. The Hall–Kier alpha value is -2.08. The van der Waals surface area contributed by atoms with Gasteiger partial charge in [-0.2, -0.15) is 0 Å². The van der Waals surface area contributed by atoms with Gasteiger partial charge >= 0.3 is 6.09 Å². The third kappa shape index (κ3) is 8.85. The monoisotopic (exact) mass is 363 g/mol. The summed E-state index contributed by atoms with van der Waals surface area (Å²) in [5, 5.41) is 5.39. The lowest BCUT2D eigenvalue weighted by Gasteiger charge is -2.17.